The van der Waals surface area contributed by atoms with Gasteiger partial charge in [-0.25, -0.2) is 13.1 Å². The van der Waals surface area contributed by atoms with Crippen molar-refractivity contribution in [3.63, 3.8) is 0 Å². The second kappa shape index (κ2) is 7.87. The molecule has 120 valence electrons. The molecule has 0 aliphatic rings. The predicted molar refractivity (Wildman–Crippen MR) is 89.7 cm³/mol. The summed E-state index contributed by atoms with van der Waals surface area (Å²) in [6.45, 7) is 2.34. The topological polar surface area (TPSA) is 66.4 Å². The fourth-order valence-corrected chi connectivity index (χ4v) is 4.73. The summed E-state index contributed by atoms with van der Waals surface area (Å²) in [6, 6.07) is 13.3. The monoisotopic (exact) mass is 339 g/mol. The van der Waals surface area contributed by atoms with Crippen LogP contribution in [0.5, 0.6) is 0 Å². The Labute approximate surface area is 135 Å². The van der Waals surface area contributed by atoms with E-state index in [0.717, 1.165) is 10.4 Å². The molecule has 6 heteroatoms. The van der Waals surface area contributed by atoms with Crippen LogP contribution in [0.4, 0.5) is 0 Å². The summed E-state index contributed by atoms with van der Waals surface area (Å²) in [6.07, 6.45) is 1.29. The lowest BCUT2D eigenvalue weighted by atomic mass is 9.93. The van der Waals surface area contributed by atoms with E-state index in [1.807, 2.05) is 37.3 Å². The molecule has 0 aliphatic heterocycles. The Bertz CT molecular complexity index is 680. The number of benzene rings is 1. The molecule has 0 fully saturated rings. The van der Waals surface area contributed by atoms with Crippen LogP contribution in [0.2, 0.25) is 0 Å². The Morgan fingerprint density at radius 3 is 2.45 bits per heavy atom. The van der Waals surface area contributed by atoms with Crippen LogP contribution < -0.4 is 4.72 Å². The number of hydrogen-bond donors (Lipinski definition) is 2. The number of aliphatic hydroxyl groups excluding tert-OH is 1. The average molecular weight is 339 g/mol. The predicted octanol–water partition coefficient (Wildman–Crippen LogP) is 2.89. The maximum absolute atomic E-state index is 12.2. The van der Waals surface area contributed by atoms with Crippen molar-refractivity contribution in [2.75, 3.05) is 13.2 Å². The van der Waals surface area contributed by atoms with Gasteiger partial charge in [0.25, 0.3) is 0 Å². The van der Waals surface area contributed by atoms with Gasteiger partial charge in [0.2, 0.25) is 10.0 Å². The molecule has 1 heterocycles. The Morgan fingerprint density at radius 1 is 1.14 bits per heavy atom. The molecule has 0 aliphatic carbocycles. The van der Waals surface area contributed by atoms with Crippen LogP contribution in [0.15, 0.2) is 46.7 Å². The maximum Gasteiger partial charge on any atom is 0.250 e. The lowest BCUT2D eigenvalue weighted by Gasteiger charge is -2.16. The average Bonchev–Trinajstić information content (AvgIpc) is 2.95. The van der Waals surface area contributed by atoms with E-state index in [1.54, 1.807) is 12.1 Å². The van der Waals surface area contributed by atoms with Crippen molar-refractivity contribution in [3.05, 3.63) is 52.9 Å². The number of rotatable bonds is 8. The molecule has 1 aromatic heterocycles. The van der Waals surface area contributed by atoms with Crippen molar-refractivity contribution in [2.45, 2.75) is 29.9 Å². The maximum atomic E-state index is 12.2. The fraction of sp³-hybridized carbons (Fsp3) is 0.375. The van der Waals surface area contributed by atoms with Crippen molar-refractivity contribution in [1.82, 2.24) is 4.72 Å². The molecule has 0 radical (unpaired) electrons. The molecule has 2 aromatic rings. The van der Waals surface area contributed by atoms with Crippen molar-refractivity contribution in [3.8, 4) is 0 Å². The summed E-state index contributed by atoms with van der Waals surface area (Å²) in [5.41, 5.74) is 1.13. The smallest absolute Gasteiger partial charge is 0.250 e. The van der Waals surface area contributed by atoms with E-state index < -0.39 is 10.0 Å². The van der Waals surface area contributed by atoms with Gasteiger partial charge in [-0.1, -0.05) is 30.3 Å². The van der Waals surface area contributed by atoms with Gasteiger partial charge in [0, 0.05) is 18.0 Å². The van der Waals surface area contributed by atoms with E-state index in [1.165, 1.54) is 11.3 Å². The third-order valence-corrected chi connectivity index (χ3v) is 6.47. The van der Waals surface area contributed by atoms with E-state index in [4.69, 9.17) is 0 Å². The Morgan fingerprint density at radius 2 is 1.86 bits per heavy atom. The summed E-state index contributed by atoms with van der Waals surface area (Å²) < 4.78 is 27.3. The second-order valence-corrected chi connectivity index (χ2v) is 8.45. The zero-order chi connectivity index (χ0) is 16.0. The zero-order valence-corrected chi connectivity index (χ0v) is 14.2. The first kappa shape index (κ1) is 17.1. The molecule has 1 aromatic carbocycles. The number of hydrogen-bond acceptors (Lipinski definition) is 4. The summed E-state index contributed by atoms with van der Waals surface area (Å²) in [5, 5.41) is 9.20. The number of thiophene rings is 1. The molecule has 2 rings (SSSR count). The van der Waals surface area contributed by atoms with Gasteiger partial charge >= 0.3 is 0 Å². The van der Waals surface area contributed by atoms with E-state index >= 15 is 0 Å². The van der Waals surface area contributed by atoms with E-state index in [0.29, 0.717) is 23.6 Å². The van der Waals surface area contributed by atoms with Gasteiger partial charge in [-0.2, -0.15) is 0 Å². The van der Waals surface area contributed by atoms with Crippen LogP contribution in [0, 0.1) is 6.92 Å². The lowest BCUT2D eigenvalue weighted by Crippen LogP contribution is -2.25. The third kappa shape index (κ3) is 4.64. The number of sulfonamides is 1. The lowest BCUT2D eigenvalue weighted by molar-refractivity contribution is 0.273. The Balaban J connectivity index is 1.96. The summed E-state index contributed by atoms with van der Waals surface area (Å²) in [5.74, 6) is 0.152. The molecular formula is C16H21NO3S2. The molecule has 0 saturated carbocycles. The van der Waals surface area contributed by atoms with Crippen molar-refractivity contribution in [1.29, 1.82) is 0 Å². The summed E-state index contributed by atoms with van der Waals surface area (Å²) in [4.78, 5) is 0.975. The molecule has 1 unspecified atom stereocenters. The Hall–Kier alpha value is -1.21. The van der Waals surface area contributed by atoms with Crippen LogP contribution in [0.1, 0.15) is 29.2 Å². The molecular weight excluding hydrogens is 318 g/mol. The van der Waals surface area contributed by atoms with Crippen molar-refractivity contribution in [2.24, 2.45) is 0 Å². The molecule has 0 amide bonds. The second-order valence-electron chi connectivity index (χ2n) is 5.17. The van der Waals surface area contributed by atoms with E-state index in [-0.39, 0.29) is 12.5 Å². The van der Waals surface area contributed by atoms with Gasteiger partial charge in [-0.3, -0.25) is 0 Å². The zero-order valence-electron chi connectivity index (χ0n) is 12.5. The standard InChI is InChI=1S/C16H21NO3S2/c1-13-7-8-16(21-13)22(19,20)17-11-9-15(10-12-18)14-5-3-2-4-6-14/h2-8,15,17-18H,9-12H2,1H3. The highest BCUT2D eigenvalue weighted by atomic mass is 32.2. The number of nitrogens with one attached hydrogen (secondary N) is 1. The highest BCUT2D eigenvalue weighted by Crippen LogP contribution is 2.24. The molecule has 4 nitrogen and oxygen atoms in total. The molecule has 0 bridgehead atoms. The molecule has 2 N–H and O–H groups in total. The quantitative estimate of drug-likeness (QED) is 0.777. The first-order chi connectivity index (χ1) is 10.5. The first-order valence-corrected chi connectivity index (χ1v) is 9.55. The van der Waals surface area contributed by atoms with Gasteiger partial charge in [0.1, 0.15) is 4.21 Å². The number of aryl methyl sites for hydroxylation is 1. The molecule has 22 heavy (non-hydrogen) atoms. The van der Waals surface area contributed by atoms with Crippen LogP contribution >= 0.6 is 11.3 Å². The van der Waals surface area contributed by atoms with E-state index in [2.05, 4.69) is 4.72 Å². The van der Waals surface area contributed by atoms with Gasteiger partial charge in [0.05, 0.1) is 0 Å². The minimum absolute atomic E-state index is 0.0937. The minimum atomic E-state index is -3.43. The summed E-state index contributed by atoms with van der Waals surface area (Å²) >= 11 is 1.27. The fourth-order valence-electron chi connectivity index (χ4n) is 2.35. The largest absolute Gasteiger partial charge is 0.396 e. The normalized spacial score (nSPS) is 13.2. The number of aliphatic hydroxyl groups is 1. The van der Waals surface area contributed by atoms with Crippen LogP contribution in [0.3, 0.4) is 0 Å². The van der Waals surface area contributed by atoms with Crippen molar-refractivity contribution >= 4 is 21.4 Å². The third-order valence-electron chi connectivity index (χ3n) is 3.51. The van der Waals surface area contributed by atoms with Crippen LogP contribution in [0.25, 0.3) is 0 Å². The van der Waals surface area contributed by atoms with Crippen molar-refractivity contribution < 1.29 is 13.5 Å². The highest BCUT2D eigenvalue weighted by Gasteiger charge is 2.17. The first-order valence-electron chi connectivity index (χ1n) is 7.25. The SMILES string of the molecule is Cc1ccc(S(=O)(=O)NCCC(CCO)c2ccccc2)s1. The van der Waals surface area contributed by atoms with Gasteiger partial charge < -0.3 is 5.11 Å². The highest BCUT2D eigenvalue weighted by molar-refractivity contribution is 7.91. The van der Waals surface area contributed by atoms with Gasteiger partial charge in [0.15, 0.2) is 0 Å². The van der Waals surface area contributed by atoms with Gasteiger partial charge in [-0.05, 0) is 43.4 Å². The van der Waals surface area contributed by atoms with Crippen LogP contribution in [-0.2, 0) is 10.0 Å². The van der Waals surface area contributed by atoms with E-state index in [9.17, 15) is 13.5 Å². The minimum Gasteiger partial charge on any atom is -0.396 e. The van der Waals surface area contributed by atoms with Gasteiger partial charge in [-0.15, -0.1) is 11.3 Å². The molecule has 0 saturated heterocycles. The Kier molecular flexibility index (Phi) is 6.14. The molecule has 1 atom stereocenters. The van der Waals surface area contributed by atoms with Crippen LogP contribution in [-0.4, -0.2) is 26.7 Å². The summed E-state index contributed by atoms with van der Waals surface area (Å²) in [7, 11) is -3.43. The molecule has 0 spiro atoms.